The number of hydrogen-bond acceptors (Lipinski definition) is 4. The Morgan fingerprint density at radius 2 is 1.82 bits per heavy atom. The summed E-state index contributed by atoms with van der Waals surface area (Å²) in [7, 11) is 1.29. The maximum atomic E-state index is 13.1. The molecule has 0 saturated heterocycles. The molecule has 0 spiro atoms. The van der Waals surface area contributed by atoms with Crippen molar-refractivity contribution < 1.29 is 14.3 Å². The minimum Gasteiger partial charge on any atom is -0.467 e. The van der Waals surface area contributed by atoms with Crippen LogP contribution in [-0.2, 0) is 28.9 Å². The third-order valence-electron chi connectivity index (χ3n) is 4.92. The molecular formula is C22H36N2O4. The number of pyridine rings is 1. The van der Waals surface area contributed by atoms with E-state index in [0.29, 0.717) is 6.54 Å². The number of hydrogen-bond donors (Lipinski definition) is 1. The summed E-state index contributed by atoms with van der Waals surface area (Å²) < 4.78 is 6.60. The van der Waals surface area contributed by atoms with Crippen LogP contribution in [-0.4, -0.2) is 29.6 Å². The SMILES string of the molecule is CCCCn1c(CCC)c(CC)cc(C(=O)NC(C(=O)OC)C(C)(C)C)c1=O. The largest absolute Gasteiger partial charge is 0.467 e. The zero-order valence-corrected chi connectivity index (χ0v) is 18.5. The van der Waals surface area contributed by atoms with Crippen LogP contribution >= 0.6 is 0 Å². The van der Waals surface area contributed by atoms with Crippen LogP contribution in [0.1, 0.15) is 82.4 Å². The fraction of sp³-hybridized carbons (Fsp3) is 0.682. The zero-order chi connectivity index (χ0) is 21.5. The van der Waals surface area contributed by atoms with E-state index < -0.39 is 23.3 Å². The highest BCUT2D eigenvalue weighted by Crippen LogP contribution is 2.21. The number of nitrogens with zero attached hydrogens (tertiary/aromatic N) is 1. The molecule has 0 aromatic carbocycles. The molecule has 1 aromatic rings. The first-order valence-electron chi connectivity index (χ1n) is 10.3. The summed E-state index contributed by atoms with van der Waals surface area (Å²) in [5.41, 5.74) is 1.28. The molecule has 1 amide bonds. The van der Waals surface area contributed by atoms with Gasteiger partial charge >= 0.3 is 5.97 Å². The molecule has 6 nitrogen and oxygen atoms in total. The van der Waals surface area contributed by atoms with Crippen molar-refractivity contribution in [3.8, 4) is 0 Å². The van der Waals surface area contributed by atoms with Crippen LogP contribution in [0, 0.1) is 5.41 Å². The molecule has 0 aliphatic rings. The minimum atomic E-state index is -0.839. The summed E-state index contributed by atoms with van der Waals surface area (Å²) in [4.78, 5) is 38.3. The predicted molar refractivity (Wildman–Crippen MR) is 112 cm³/mol. The van der Waals surface area contributed by atoms with Crippen molar-refractivity contribution in [1.29, 1.82) is 0 Å². The van der Waals surface area contributed by atoms with Gasteiger partial charge in [0.15, 0.2) is 0 Å². The van der Waals surface area contributed by atoms with E-state index >= 15 is 0 Å². The van der Waals surface area contributed by atoms with E-state index in [4.69, 9.17) is 4.74 Å². The quantitative estimate of drug-likeness (QED) is 0.653. The van der Waals surface area contributed by atoms with Crippen LogP contribution in [0.4, 0.5) is 0 Å². The van der Waals surface area contributed by atoms with Crippen LogP contribution in [0.2, 0.25) is 0 Å². The van der Waals surface area contributed by atoms with Gasteiger partial charge in [-0.05, 0) is 36.3 Å². The van der Waals surface area contributed by atoms with Crippen LogP contribution in [0.5, 0.6) is 0 Å². The third kappa shape index (κ3) is 5.69. The molecule has 1 atom stereocenters. The van der Waals surface area contributed by atoms with Crippen molar-refractivity contribution >= 4 is 11.9 Å². The molecule has 0 radical (unpaired) electrons. The molecule has 0 aliphatic heterocycles. The van der Waals surface area contributed by atoms with Crippen LogP contribution in [0.3, 0.4) is 0 Å². The molecular weight excluding hydrogens is 356 g/mol. The molecule has 158 valence electrons. The molecule has 0 fully saturated rings. The molecule has 1 aromatic heterocycles. The predicted octanol–water partition coefficient (Wildman–Crippen LogP) is 3.48. The number of rotatable bonds is 9. The van der Waals surface area contributed by atoms with E-state index in [0.717, 1.165) is 43.4 Å². The molecule has 1 heterocycles. The van der Waals surface area contributed by atoms with Crippen molar-refractivity contribution in [2.24, 2.45) is 5.41 Å². The highest BCUT2D eigenvalue weighted by molar-refractivity contribution is 5.96. The minimum absolute atomic E-state index is 0.0889. The number of amides is 1. The molecule has 0 bridgehead atoms. The number of unbranched alkanes of at least 4 members (excludes halogenated alkanes) is 1. The summed E-state index contributed by atoms with van der Waals surface area (Å²) in [6.45, 7) is 12.3. The number of carbonyl (C=O) groups excluding carboxylic acids is 2. The number of esters is 1. The Kier molecular flexibility index (Phi) is 8.92. The van der Waals surface area contributed by atoms with Crippen LogP contribution in [0.25, 0.3) is 0 Å². The van der Waals surface area contributed by atoms with Gasteiger partial charge in [0, 0.05) is 12.2 Å². The van der Waals surface area contributed by atoms with Crippen molar-refractivity contribution in [3.63, 3.8) is 0 Å². The van der Waals surface area contributed by atoms with Gasteiger partial charge < -0.3 is 14.6 Å². The van der Waals surface area contributed by atoms with Gasteiger partial charge in [-0.15, -0.1) is 0 Å². The average Bonchev–Trinajstić information content (AvgIpc) is 2.64. The number of aromatic nitrogens is 1. The Hall–Kier alpha value is -2.11. The Bertz CT molecular complexity index is 744. The standard InChI is InChI=1S/C22H36N2O4/c1-8-11-13-24-17(12-9-2)15(10-3)14-16(20(24)26)19(25)23-18(21(27)28-7)22(4,5)6/h14,18H,8-13H2,1-7H3,(H,23,25). The number of ether oxygens (including phenoxy) is 1. The van der Waals surface area contributed by atoms with Gasteiger partial charge in [0.2, 0.25) is 0 Å². The summed E-state index contributed by atoms with van der Waals surface area (Å²) in [5.74, 6) is -1.05. The lowest BCUT2D eigenvalue weighted by molar-refractivity contribution is -0.145. The molecule has 0 saturated carbocycles. The highest BCUT2D eigenvalue weighted by atomic mass is 16.5. The van der Waals surface area contributed by atoms with Gasteiger partial charge in [-0.25, -0.2) is 4.79 Å². The molecule has 1 N–H and O–H groups in total. The second-order valence-corrected chi connectivity index (χ2v) is 8.24. The number of methoxy groups -OCH3 is 1. The van der Waals surface area contributed by atoms with E-state index in [1.807, 2.05) is 27.7 Å². The zero-order valence-electron chi connectivity index (χ0n) is 18.5. The monoisotopic (exact) mass is 392 g/mol. The normalized spacial score (nSPS) is 12.5. The van der Waals surface area contributed by atoms with E-state index in [9.17, 15) is 14.4 Å². The van der Waals surface area contributed by atoms with Gasteiger partial charge in [0.05, 0.1) is 7.11 Å². The smallest absolute Gasteiger partial charge is 0.328 e. The Labute approximate surface area is 168 Å². The lowest BCUT2D eigenvalue weighted by Crippen LogP contribution is -2.50. The topological polar surface area (TPSA) is 77.4 Å². The Morgan fingerprint density at radius 1 is 1.18 bits per heavy atom. The lowest BCUT2D eigenvalue weighted by Gasteiger charge is -2.29. The fourth-order valence-electron chi connectivity index (χ4n) is 3.27. The number of nitrogens with one attached hydrogen (secondary N) is 1. The van der Waals surface area contributed by atoms with Gasteiger partial charge in [-0.2, -0.15) is 0 Å². The lowest BCUT2D eigenvalue weighted by atomic mass is 9.86. The Balaban J connectivity index is 3.44. The van der Waals surface area contributed by atoms with E-state index in [2.05, 4.69) is 19.2 Å². The maximum Gasteiger partial charge on any atom is 0.328 e. The van der Waals surface area contributed by atoms with Crippen molar-refractivity contribution in [1.82, 2.24) is 9.88 Å². The van der Waals surface area contributed by atoms with Crippen LogP contribution in [0.15, 0.2) is 10.9 Å². The second kappa shape index (κ2) is 10.4. The van der Waals surface area contributed by atoms with E-state index in [1.165, 1.54) is 7.11 Å². The summed E-state index contributed by atoms with van der Waals surface area (Å²) >= 11 is 0. The summed E-state index contributed by atoms with van der Waals surface area (Å²) in [5, 5.41) is 2.72. The van der Waals surface area contributed by atoms with Gasteiger partial charge in [0.25, 0.3) is 11.5 Å². The summed E-state index contributed by atoms with van der Waals surface area (Å²) in [6, 6.07) is 0.858. The average molecular weight is 393 g/mol. The highest BCUT2D eigenvalue weighted by Gasteiger charge is 2.34. The third-order valence-corrected chi connectivity index (χ3v) is 4.92. The van der Waals surface area contributed by atoms with Gasteiger partial charge in [-0.1, -0.05) is 54.4 Å². The van der Waals surface area contributed by atoms with Crippen molar-refractivity contribution in [2.75, 3.05) is 7.11 Å². The van der Waals surface area contributed by atoms with Gasteiger partial charge in [-0.3, -0.25) is 9.59 Å². The molecule has 1 rings (SSSR count). The maximum absolute atomic E-state index is 13.1. The van der Waals surface area contributed by atoms with Crippen molar-refractivity contribution in [2.45, 2.75) is 86.2 Å². The van der Waals surface area contributed by atoms with Crippen molar-refractivity contribution in [3.05, 3.63) is 33.2 Å². The second-order valence-electron chi connectivity index (χ2n) is 8.24. The van der Waals surface area contributed by atoms with E-state index in [1.54, 1.807) is 10.6 Å². The molecule has 1 unspecified atom stereocenters. The first-order valence-corrected chi connectivity index (χ1v) is 10.3. The molecule has 0 aliphatic carbocycles. The molecule has 6 heteroatoms. The number of aryl methyl sites for hydroxylation is 1. The summed E-state index contributed by atoms with van der Waals surface area (Å²) in [6.07, 6.45) is 4.30. The first kappa shape index (κ1) is 23.9. The fourth-order valence-corrected chi connectivity index (χ4v) is 3.27. The van der Waals surface area contributed by atoms with E-state index in [-0.39, 0.29) is 11.1 Å². The molecule has 28 heavy (non-hydrogen) atoms. The number of carbonyl (C=O) groups is 2. The van der Waals surface area contributed by atoms with Gasteiger partial charge in [0.1, 0.15) is 11.6 Å². The van der Waals surface area contributed by atoms with Crippen LogP contribution < -0.4 is 10.9 Å². The Morgan fingerprint density at radius 3 is 2.29 bits per heavy atom. The first-order chi connectivity index (χ1) is 13.1.